The highest BCUT2D eigenvalue weighted by atomic mass is 16.6. The lowest BCUT2D eigenvalue weighted by atomic mass is 10.2. The Balaban J connectivity index is 3.29. The summed E-state index contributed by atoms with van der Waals surface area (Å²) in [5, 5.41) is 21.6. The zero-order valence-corrected chi connectivity index (χ0v) is 11.9. The van der Waals surface area contributed by atoms with Crippen molar-refractivity contribution in [1.82, 2.24) is 10.6 Å². The van der Waals surface area contributed by atoms with Gasteiger partial charge in [-0.25, -0.2) is 9.59 Å². The molecule has 0 aliphatic carbocycles. The maximum absolute atomic E-state index is 11.1. The molecular weight excluding hydrogens is 276 g/mol. The van der Waals surface area contributed by atoms with Crippen LogP contribution in [0.3, 0.4) is 0 Å². The molecule has 0 radical (unpaired) electrons. The summed E-state index contributed by atoms with van der Waals surface area (Å²) in [5.74, 6) is 0. The Morgan fingerprint density at radius 2 is 1.24 bits per heavy atom. The number of hydrogen-bond donors (Lipinski definition) is 2. The van der Waals surface area contributed by atoms with Crippen LogP contribution in [0, 0.1) is 22.7 Å². The van der Waals surface area contributed by atoms with Gasteiger partial charge in [-0.05, 0) is 19.3 Å². The average Bonchev–Trinajstić information content (AvgIpc) is 2.47. The molecule has 0 aromatic carbocycles. The van der Waals surface area contributed by atoms with Gasteiger partial charge in [0, 0.05) is 13.1 Å². The minimum atomic E-state index is -0.524. The quantitative estimate of drug-likeness (QED) is 0.588. The summed E-state index contributed by atoms with van der Waals surface area (Å²) < 4.78 is 9.44. The summed E-state index contributed by atoms with van der Waals surface area (Å²) in [6, 6.07) is 3.75. The van der Waals surface area contributed by atoms with Gasteiger partial charge in [0.15, 0.2) is 0 Å². The van der Waals surface area contributed by atoms with E-state index in [1.807, 2.05) is 12.1 Å². The number of alkyl carbamates (subject to hydrolysis) is 2. The van der Waals surface area contributed by atoms with Crippen LogP contribution in [-0.4, -0.2) is 38.5 Å². The van der Waals surface area contributed by atoms with Gasteiger partial charge in [-0.3, -0.25) is 0 Å². The highest BCUT2D eigenvalue weighted by Gasteiger charge is 2.01. The first kappa shape index (κ1) is 18.5. The second-order valence-corrected chi connectivity index (χ2v) is 4.00. The molecule has 0 aliphatic rings. The van der Waals surface area contributed by atoms with Gasteiger partial charge in [-0.2, -0.15) is 10.5 Å². The van der Waals surface area contributed by atoms with Crippen molar-refractivity contribution in [3.05, 3.63) is 0 Å². The SMILES string of the molecule is N#CCCOC(=O)NCCCCCNC(=O)OCCC#N. The summed E-state index contributed by atoms with van der Waals surface area (Å²) in [5.41, 5.74) is 0. The lowest BCUT2D eigenvalue weighted by Crippen LogP contribution is -2.27. The first-order valence-electron chi connectivity index (χ1n) is 6.76. The van der Waals surface area contributed by atoms with E-state index in [-0.39, 0.29) is 26.1 Å². The zero-order valence-electron chi connectivity index (χ0n) is 11.9. The van der Waals surface area contributed by atoms with Crippen LogP contribution in [0.2, 0.25) is 0 Å². The van der Waals surface area contributed by atoms with Gasteiger partial charge in [0.25, 0.3) is 0 Å². The number of carbonyl (C=O) groups excluding carboxylic acids is 2. The zero-order chi connectivity index (χ0) is 15.8. The number of carbonyl (C=O) groups is 2. The minimum absolute atomic E-state index is 0.0974. The summed E-state index contributed by atoms with van der Waals surface area (Å²) in [6.45, 7) is 1.16. The molecule has 0 saturated heterocycles. The molecule has 116 valence electrons. The van der Waals surface area contributed by atoms with E-state index in [0.717, 1.165) is 19.3 Å². The second-order valence-electron chi connectivity index (χ2n) is 4.00. The van der Waals surface area contributed by atoms with Gasteiger partial charge in [-0.15, -0.1) is 0 Å². The minimum Gasteiger partial charge on any atom is -0.448 e. The highest BCUT2D eigenvalue weighted by molar-refractivity contribution is 5.67. The number of nitrogens with one attached hydrogen (secondary N) is 2. The third-order valence-corrected chi connectivity index (χ3v) is 2.29. The maximum Gasteiger partial charge on any atom is 0.407 e. The standard InChI is InChI=1S/C13H20N4O4/c14-6-4-10-20-12(18)16-8-2-1-3-9-17-13(19)21-11-5-7-15/h1-5,8-11H2,(H,16,18)(H,17,19). The maximum atomic E-state index is 11.1. The first-order chi connectivity index (χ1) is 10.2. The topological polar surface area (TPSA) is 124 Å². The van der Waals surface area contributed by atoms with Gasteiger partial charge in [0.05, 0.1) is 25.0 Å². The van der Waals surface area contributed by atoms with Crippen LogP contribution in [0.4, 0.5) is 9.59 Å². The Kier molecular flexibility index (Phi) is 12.3. The van der Waals surface area contributed by atoms with Crippen molar-refractivity contribution in [2.75, 3.05) is 26.3 Å². The smallest absolute Gasteiger partial charge is 0.407 e. The first-order valence-corrected chi connectivity index (χ1v) is 6.76. The summed E-state index contributed by atoms with van der Waals surface area (Å²) in [4.78, 5) is 22.2. The molecule has 0 heterocycles. The molecule has 0 unspecified atom stereocenters. The molecule has 2 amide bonds. The van der Waals surface area contributed by atoms with E-state index in [1.54, 1.807) is 0 Å². The van der Waals surface area contributed by atoms with Crippen LogP contribution < -0.4 is 10.6 Å². The molecule has 0 bridgehead atoms. The number of amides is 2. The lowest BCUT2D eigenvalue weighted by Gasteiger charge is -2.06. The van der Waals surface area contributed by atoms with Crippen molar-refractivity contribution in [2.24, 2.45) is 0 Å². The van der Waals surface area contributed by atoms with E-state index in [4.69, 9.17) is 20.0 Å². The van der Waals surface area contributed by atoms with Gasteiger partial charge in [0.2, 0.25) is 0 Å². The molecule has 0 aromatic heterocycles. The van der Waals surface area contributed by atoms with Crippen LogP contribution in [0.15, 0.2) is 0 Å². The Hall–Kier alpha value is -2.48. The molecule has 0 atom stereocenters. The van der Waals surface area contributed by atoms with Crippen LogP contribution in [0.1, 0.15) is 32.1 Å². The van der Waals surface area contributed by atoms with E-state index in [2.05, 4.69) is 10.6 Å². The van der Waals surface area contributed by atoms with Gasteiger partial charge in [0.1, 0.15) is 13.2 Å². The molecular formula is C13H20N4O4. The van der Waals surface area contributed by atoms with Crippen LogP contribution >= 0.6 is 0 Å². The molecule has 0 rings (SSSR count). The molecule has 0 aromatic rings. The van der Waals surface area contributed by atoms with Crippen molar-refractivity contribution in [1.29, 1.82) is 10.5 Å². The molecule has 0 saturated carbocycles. The van der Waals surface area contributed by atoms with Crippen molar-refractivity contribution < 1.29 is 19.1 Å². The fourth-order valence-electron chi connectivity index (χ4n) is 1.29. The summed E-state index contributed by atoms with van der Waals surface area (Å²) in [7, 11) is 0. The van der Waals surface area contributed by atoms with Crippen LogP contribution in [0.5, 0.6) is 0 Å². The molecule has 21 heavy (non-hydrogen) atoms. The van der Waals surface area contributed by atoms with E-state index >= 15 is 0 Å². The Morgan fingerprint density at radius 1 is 0.810 bits per heavy atom. The van der Waals surface area contributed by atoms with E-state index in [1.165, 1.54) is 0 Å². The van der Waals surface area contributed by atoms with Gasteiger partial charge < -0.3 is 20.1 Å². The Labute approximate surface area is 124 Å². The predicted octanol–water partition coefficient (Wildman–Crippen LogP) is 1.44. The monoisotopic (exact) mass is 296 g/mol. The van der Waals surface area contributed by atoms with Crippen LogP contribution in [0.25, 0.3) is 0 Å². The molecule has 0 spiro atoms. The molecule has 0 fully saturated rings. The molecule has 8 nitrogen and oxygen atoms in total. The predicted molar refractivity (Wildman–Crippen MR) is 73.0 cm³/mol. The molecule has 8 heteroatoms. The summed E-state index contributed by atoms with van der Waals surface area (Å²) >= 11 is 0. The Morgan fingerprint density at radius 3 is 1.62 bits per heavy atom. The van der Waals surface area contributed by atoms with E-state index in [9.17, 15) is 9.59 Å². The van der Waals surface area contributed by atoms with E-state index < -0.39 is 12.2 Å². The summed E-state index contributed by atoms with van der Waals surface area (Å²) in [6.07, 6.45) is 1.68. The Bertz CT molecular complexity index is 351. The third-order valence-electron chi connectivity index (χ3n) is 2.29. The number of hydrogen-bond acceptors (Lipinski definition) is 6. The van der Waals surface area contributed by atoms with Crippen molar-refractivity contribution in [3.8, 4) is 12.1 Å². The highest BCUT2D eigenvalue weighted by Crippen LogP contribution is 1.93. The number of rotatable bonds is 10. The number of unbranched alkanes of at least 4 members (excludes halogenated alkanes) is 2. The molecule has 0 aliphatic heterocycles. The van der Waals surface area contributed by atoms with Gasteiger partial charge >= 0.3 is 12.2 Å². The fraction of sp³-hybridized carbons (Fsp3) is 0.692. The second kappa shape index (κ2) is 13.9. The van der Waals surface area contributed by atoms with Crippen LogP contribution in [-0.2, 0) is 9.47 Å². The van der Waals surface area contributed by atoms with E-state index in [0.29, 0.717) is 13.1 Å². The van der Waals surface area contributed by atoms with Crippen molar-refractivity contribution in [3.63, 3.8) is 0 Å². The normalized spacial score (nSPS) is 9.05. The third kappa shape index (κ3) is 13.7. The number of nitriles is 2. The molecule has 2 N–H and O–H groups in total. The number of ether oxygens (including phenoxy) is 2. The van der Waals surface area contributed by atoms with Gasteiger partial charge in [-0.1, -0.05) is 0 Å². The number of nitrogens with zero attached hydrogens (tertiary/aromatic N) is 2. The van der Waals surface area contributed by atoms with Crippen molar-refractivity contribution in [2.45, 2.75) is 32.1 Å². The fourth-order valence-corrected chi connectivity index (χ4v) is 1.29. The van der Waals surface area contributed by atoms with Crippen molar-refractivity contribution >= 4 is 12.2 Å². The lowest BCUT2D eigenvalue weighted by molar-refractivity contribution is 0.148. The largest absolute Gasteiger partial charge is 0.448 e. The average molecular weight is 296 g/mol.